The quantitative estimate of drug-likeness (QED) is 0.577. The minimum absolute atomic E-state index is 0.615. The third-order valence-electron chi connectivity index (χ3n) is 3.63. The van der Waals surface area contributed by atoms with Crippen LogP contribution in [0.15, 0.2) is 79.6 Å². The van der Waals surface area contributed by atoms with E-state index < -0.39 is 0 Å². The zero-order valence-corrected chi connectivity index (χ0v) is 12.7. The molecule has 0 aliphatic heterocycles. The second-order valence-electron chi connectivity index (χ2n) is 5.19. The van der Waals surface area contributed by atoms with Crippen molar-refractivity contribution in [2.24, 2.45) is 0 Å². The van der Waals surface area contributed by atoms with Crippen molar-refractivity contribution in [2.75, 3.05) is 0 Å². The van der Waals surface area contributed by atoms with Gasteiger partial charge in [0.25, 0.3) is 0 Å². The van der Waals surface area contributed by atoms with E-state index in [1.807, 2.05) is 54.7 Å². The molecule has 0 unspecified atom stereocenters. The van der Waals surface area contributed by atoms with Gasteiger partial charge in [-0.2, -0.15) is 0 Å². The maximum Gasteiger partial charge on any atom is 0.164 e. The molecule has 0 saturated carbocycles. The van der Waals surface area contributed by atoms with Crippen LogP contribution in [0, 0.1) is 0 Å². The van der Waals surface area contributed by atoms with Gasteiger partial charge in [-0.05, 0) is 29.3 Å². The van der Waals surface area contributed by atoms with Crippen molar-refractivity contribution in [3.8, 4) is 33.9 Å². The van der Waals surface area contributed by atoms with E-state index in [-0.39, 0.29) is 0 Å². The van der Waals surface area contributed by atoms with Gasteiger partial charge in [-0.1, -0.05) is 30.3 Å². The van der Waals surface area contributed by atoms with Crippen molar-refractivity contribution in [3.05, 3.63) is 79.6 Å². The number of rotatable bonds is 3. The first kappa shape index (κ1) is 14.1. The molecule has 0 spiro atoms. The topological polar surface area (TPSA) is 64.5 Å². The van der Waals surface area contributed by atoms with E-state index in [1.165, 1.54) is 6.33 Å². The van der Waals surface area contributed by atoms with Gasteiger partial charge in [-0.3, -0.25) is 9.97 Å². The first-order valence-corrected chi connectivity index (χ1v) is 7.50. The Morgan fingerprint density at radius 3 is 1.75 bits per heavy atom. The Bertz CT molecular complexity index is 938. The summed E-state index contributed by atoms with van der Waals surface area (Å²) in [6.07, 6.45) is 8.61. The van der Waals surface area contributed by atoms with E-state index >= 15 is 0 Å². The lowest BCUT2D eigenvalue weighted by Gasteiger charge is -2.05. The van der Waals surface area contributed by atoms with Crippen molar-refractivity contribution in [3.63, 3.8) is 0 Å². The summed E-state index contributed by atoms with van der Waals surface area (Å²) in [5.41, 5.74) is 3.99. The van der Waals surface area contributed by atoms with Crippen LogP contribution in [0.5, 0.6) is 0 Å². The summed E-state index contributed by atoms with van der Waals surface area (Å²) in [5.74, 6) is 1.26. The van der Waals surface area contributed by atoms with Crippen LogP contribution in [0.4, 0.5) is 0 Å². The number of aromatic nitrogens is 5. The van der Waals surface area contributed by atoms with Gasteiger partial charge in [0.2, 0.25) is 0 Å². The highest BCUT2D eigenvalue weighted by atomic mass is 15.0. The van der Waals surface area contributed by atoms with Crippen LogP contribution in [0.3, 0.4) is 0 Å². The first-order valence-electron chi connectivity index (χ1n) is 7.50. The molecule has 0 aliphatic carbocycles. The summed E-state index contributed by atoms with van der Waals surface area (Å²) < 4.78 is 0. The largest absolute Gasteiger partial charge is 0.264 e. The second-order valence-corrected chi connectivity index (χ2v) is 5.19. The van der Waals surface area contributed by atoms with Crippen LogP contribution >= 0.6 is 0 Å². The molecule has 0 fully saturated rings. The van der Waals surface area contributed by atoms with Gasteiger partial charge in [-0.25, -0.2) is 15.0 Å². The molecule has 4 rings (SSSR count). The predicted octanol–water partition coefficient (Wildman–Crippen LogP) is 3.66. The maximum absolute atomic E-state index is 4.54. The van der Waals surface area contributed by atoms with E-state index in [9.17, 15) is 0 Å². The third-order valence-corrected chi connectivity index (χ3v) is 3.63. The standard InChI is InChI=1S/C19H13N5/c1-3-16(11-20-9-1)14-5-7-15(8-6-14)18-22-13-23-19(24-18)17-4-2-10-21-12-17/h1-13H. The van der Waals surface area contributed by atoms with E-state index in [0.29, 0.717) is 11.6 Å². The van der Waals surface area contributed by atoms with E-state index in [0.717, 1.165) is 22.3 Å². The lowest BCUT2D eigenvalue weighted by atomic mass is 10.1. The van der Waals surface area contributed by atoms with E-state index in [4.69, 9.17) is 0 Å². The molecule has 5 heteroatoms. The summed E-state index contributed by atoms with van der Waals surface area (Å²) >= 11 is 0. The molecule has 0 bridgehead atoms. The molecule has 0 atom stereocenters. The smallest absolute Gasteiger partial charge is 0.164 e. The molecule has 1 aromatic carbocycles. The van der Waals surface area contributed by atoms with Gasteiger partial charge < -0.3 is 0 Å². The van der Waals surface area contributed by atoms with Crippen LogP contribution in [-0.4, -0.2) is 24.9 Å². The van der Waals surface area contributed by atoms with Gasteiger partial charge >= 0.3 is 0 Å². The summed E-state index contributed by atoms with van der Waals surface area (Å²) in [6.45, 7) is 0. The SMILES string of the molecule is c1cncc(-c2ccc(-c3ncnc(-c4cccnc4)n3)cc2)c1. The van der Waals surface area contributed by atoms with Gasteiger partial charge in [-0.15, -0.1) is 0 Å². The second kappa shape index (κ2) is 6.34. The average molecular weight is 311 g/mol. The monoisotopic (exact) mass is 311 g/mol. The highest BCUT2D eigenvalue weighted by molar-refractivity contribution is 5.67. The number of hydrogen-bond donors (Lipinski definition) is 0. The van der Waals surface area contributed by atoms with E-state index in [1.54, 1.807) is 18.6 Å². The highest BCUT2D eigenvalue weighted by Gasteiger charge is 2.06. The molecule has 0 aliphatic rings. The van der Waals surface area contributed by atoms with Gasteiger partial charge in [0.1, 0.15) is 6.33 Å². The van der Waals surface area contributed by atoms with Crippen LogP contribution < -0.4 is 0 Å². The Labute approximate surface area is 139 Å². The van der Waals surface area contributed by atoms with Gasteiger partial charge in [0.15, 0.2) is 11.6 Å². The van der Waals surface area contributed by atoms with E-state index in [2.05, 4.69) is 24.9 Å². The molecule has 0 amide bonds. The fourth-order valence-corrected chi connectivity index (χ4v) is 2.41. The minimum atomic E-state index is 0.615. The van der Waals surface area contributed by atoms with Gasteiger partial charge in [0, 0.05) is 35.9 Å². The normalized spacial score (nSPS) is 10.5. The molecule has 3 heterocycles. The van der Waals surface area contributed by atoms with Crippen LogP contribution in [0.25, 0.3) is 33.9 Å². The number of benzene rings is 1. The fourth-order valence-electron chi connectivity index (χ4n) is 2.41. The zero-order chi connectivity index (χ0) is 16.2. The molecular weight excluding hydrogens is 298 g/mol. The maximum atomic E-state index is 4.54. The predicted molar refractivity (Wildman–Crippen MR) is 91.7 cm³/mol. The van der Waals surface area contributed by atoms with Crippen molar-refractivity contribution in [1.29, 1.82) is 0 Å². The highest BCUT2D eigenvalue weighted by Crippen LogP contribution is 2.23. The van der Waals surface area contributed by atoms with Crippen molar-refractivity contribution in [1.82, 2.24) is 24.9 Å². The summed E-state index contributed by atoms with van der Waals surface area (Å²) in [6, 6.07) is 15.8. The Morgan fingerprint density at radius 1 is 0.542 bits per heavy atom. The third kappa shape index (κ3) is 2.87. The molecule has 3 aromatic heterocycles. The Hall–Kier alpha value is -3.47. The molecule has 0 saturated heterocycles. The minimum Gasteiger partial charge on any atom is -0.264 e. The summed E-state index contributed by atoms with van der Waals surface area (Å²) in [5, 5.41) is 0. The first-order chi connectivity index (χ1) is 11.9. The number of nitrogens with zero attached hydrogens (tertiary/aromatic N) is 5. The van der Waals surface area contributed by atoms with Crippen molar-refractivity contribution in [2.45, 2.75) is 0 Å². The molecule has 4 aromatic rings. The lowest BCUT2D eigenvalue weighted by Crippen LogP contribution is -1.95. The lowest BCUT2D eigenvalue weighted by molar-refractivity contribution is 1.06. The molecule has 5 nitrogen and oxygen atoms in total. The Kier molecular flexibility index (Phi) is 3.73. The Balaban J connectivity index is 1.67. The molecule has 24 heavy (non-hydrogen) atoms. The van der Waals surface area contributed by atoms with Crippen molar-refractivity contribution >= 4 is 0 Å². The zero-order valence-electron chi connectivity index (χ0n) is 12.7. The summed E-state index contributed by atoms with van der Waals surface area (Å²) in [4.78, 5) is 21.3. The molecule has 0 radical (unpaired) electrons. The van der Waals surface area contributed by atoms with Gasteiger partial charge in [0.05, 0.1) is 0 Å². The molecule has 0 N–H and O–H groups in total. The van der Waals surface area contributed by atoms with Crippen LogP contribution in [-0.2, 0) is 0 Å². The number of pyridine rings is 2. The Morgan fingerprint density at radius 2 is 1.12 bits per heavy atom. The van der Waals surface area contributed by atoms with Crippen LogP contribution in [0.2, 0.25) is 0 Å². The number of hydrogen-bond acceptors (Lipinski definition) is 5. The van der Waals surface area contributed by atoms with Crippen molar-refractivity contribution < 1.29 is 0 Å². The average Bonchev–Trinajstić information content (AvgIpc) is 2.70. The fraction of sp³-hybridized carbons (Fsp3) is 0. The van der Waals surface area contributed by atoms with Crippen LogP contribution in [0.1, 0.15) is 0 Å². The molecular formula is C19H13N5. The molecule has 114 valence electrons. The summed E-state index contributed by atoms with van der Waals surface area (Å²) in [7, 11) is 0.